The number of nitrogens with zero attached hydrogens (tertiary/aromatic N) is 2. The minimum Gasteiger partial charge on any atom is -0.345 e. The number of nitrogens with one attached hydrogen (secondary N) is 1. The molecule has 3 nitrogen and oxygen atoms in total. The number of hydrogen-bond acceptors (Lipinski definition) is 4. The van der Waals surface area contributed by atoms with Crippen molar-refractivity contribution >= 4 is 22.7 Å². The van der Waals surface area contributed by atoms with E-state index < -0.39 is 0 Å². The first-order valence-corrected chi connectivity index (χ1v) is 17.6. The summed E-state index contributed by atoms with van der Waals surface area (Å²) in [5.41, 5.74) is 7.78. The second-order valence-corrected chi connectivity index (χ2v) is 20.7. The summed E-state index contributed by atoms with van der Waals surface area (Å²) < 4.78 is 0. The third-order valence-corrected chi connectivity index (χ3v) is 10.9. The van der Waals surface area contributed by atoms with E-state index in [2.05, 4.69) is 157 Å². The molecule has 0 saturated heterocycles. The van der Waals surface area contributed by atoms with Crippen LogP contribution < -0.4 is 0 Å². The molecule has 3 aromatic heterocycles. The van der Waals surface area contributed by atoms with Crippen molar-refractivity contribution in [1.82, 2.24) is 15.0 Å². The lowest BCUT2D eigenvalue weighted by atomic mass is 9.87. The summed E-state index contributed by atoms with van der Waals surface area (Å²) in [5.74, 6) is 1.08. The van der Waals surface area contributed by atoms with E-state index in [1.165, 1.54) is 38.1 Å². The second-order valence-electron chi connectivity index (χ2n) is 18.5. The summed E-state index contributed by atoms with van der Waals surface area (Å²) in [4.78, 5) is 17.3. The average Bonchev–Trinajstić information content (AvgIpc) is 3.42. The highest BCUT2D eigenvalue weighted by Crippen LogP contribution is 2.41. The molecule has 0 spiro atoms. The minimum atomic E-state index is 0.105. The van der Waals surface area contributed by atoms with E-state index in [0.717, 1.165) is 5.82 Å². The Morgan fingerprint density at radius 1 is 0.442 bits per heavy atom. The van der Waals surface area contributed by atoms with E-state index in [1.54, 1.807) is 9.75 Å². The Hall–Kier alpha value is -1.46. The zero-order valence-electron chi connectivity index (χ0n) is 32.2. The molecule has 3 rings (SSSR count). The zero-order valence-corrected chi connectivity index (χ0v) is 33.8. The van der Waals surface area contributed by atoms with Gasteiger partial charge in [-0.05, 0) is 49.7 Å². The Balaban J connectivity index is 0.000000323. The van der Waals surface area contributed by atoms with E-state index in [4.69, 9.17) is 9.97 Å². The van der Waals surface area contributed by atoms with Crippen molar-refractivity contribution in [1.29, 1.82) is 0 Å². The number of rotatable bonds is 0. The van der Waals surface area contributed by atoms with Crippen molar-refractivity contribution < 1.29 is 0 Å². The highest BCUT2D eigenvalue weighted by Gasteiger charge is 2.28. The van der Waals surface area contributed by atoms with Gasteiger partial charge in [-0.1, -0.05) is 125 Å². The summed E-state index contributed by atoms with van der Waals surface area (Å²) in [5, 5.41) is 1.25. The van der Waals surface area contributed by atoms with Crippen LogP contribution in [0, 0.1) is 27.7 Å². The van der Waals surface area contributed by atoms with E-state index in [1.807, 2.05) is 22.7 Å². The Labute approximate surface area is 275 Å². The highest BCUT2D eigenvalue weighted by atomic mass is 32.1. The van der Waals surface area contributed by atoms with E-state index >= 15 is 0 Å². The van der Waals surface area contributed by atoms with Crippen LogP contribution in [0.3, 0.4) is 0 Å². The summed E-state index contributed by atoms with van der Waals surface area (Å²) in [6, 6.07) is 0. The lowest BCUT2D eigenvalue weighted by molar-refractivity contribution is 0.535. The van der Waals surface area contributed by atoms with Crippen LogP contribution in [0.4, 0.5) is 0 Å². The molecule has 246 valence electrons. The molecule has 1 N–H and O–H groups in total. The largest absolute Gasteiger partial charge is 0.345 e. The van der Waals surface area contributed by atoms with Gasteiger partial charge in [-0.3, -0.25) is 0 Å². The minimum absolute atomic E-state index is 0.105. The first-order chi connectivity index (χ1) is 18.8. The predicted octanol–water partition coefficient (Wildman–Crippen LogP) is 12.3. The van der Waals surface area contributed by atoms with Crippen LogP contribution in [0.1, 0.15) is 178 Å². The van der Waals surface area contributed by atoms with E-state index in [-0.39, 0.29) is 32.5 Å². The zero-order chi connectivity index (χ0) is 34.3. The van der Waals surface area contributed by atoms with Crippen LogP contribution in [0.2, 0.25) is 0 Å². The van der Waals surface area contributed by atoms with Gasteiger partial charge < -0.3 is 4.98 Å². The van der Waals surface area contributed by atoms with E-state index in [0.29, 0.717) is 0 Å². The molecule has 0 radical (unpaired) electrons. The molecule has 3 heterocycles. The predicted molar refractivity (Wildman–Crippen MR) is 196 cm³/mol. The average molecular weight is 630 g/mol. The van der Waals surface area contributed by atoms with Gasteiger partial charge in [-0.25, -0.2) is 9.97 Å². The van der Waals surface area contributed by atoms with Gasteiger partial charge in [0.1, 0.15) is 5.82 Å². The number of H-pyrrole nitrogens is 1. The maximum Gasteiger partial charge on any atom is 0.111 e. The lowest BCUT2D eigenvalue weighted by Gasteiger charge is -2.19. The fourth-order valence-electron chi connectivity index (χ4n) is 4.99. The molecular formula is C38H67N3S2. The Kier molecular flexibility index (Phi) is 12.1. The van der Waals surface area contributed by atoms with Gasteiger partial charge in [0.05, 0.1) is 16.4 Å². The molecule has 0 aliphatic carbocycles. The molecule has 0 atom stereocenters. The molecule has 0 aromatic carbocycles. The second kappa shape index (κ2) is 13.1. The third-order valence-electron chi connectivity index (χ3n) is 7.26. The fourth-order valence-corrected chi connectivity index (χ4v) is 7.60. The van der Waals surface area contributed by atoms with Crippen LogP contribution in [0.5, 0.6) is 0 Å². The van der Waals surface area contributed by atoms with Crippen LogP contribution in [0.25, 0.3) is 0 Å². The van der Waals surface area contributed by atoms with Crippen molar-refractivity contribution in [2.45, 2.75) is 185 Å². The van der Waals surface area contributed by atoms with Crippen LogP contribution in [-0.4, -0.2) is 15.0 Å². The normalized spacial score (nSPS) is 13.3. The quantitative estimate of drug-likeness (QED) is 0.269. The van der Waals surface area contributed by atoms with E-state index in [9.17, 15) is 0 Å². The van der Waals surface area contributed by atoms with Gasteiger partial charge in [0, 0.05) is 42.0 Å². The molecule has 0 aliphatic rings. The number of thiophene rings is 1. The SMILES string of the molecule is Cc1[nH]c(C(C)(C)C)nc1C(C)(C)C.Cc1c(C(C)(C)C)sc(C(C)(C)C)c1C.Cc1sc(C(C)(C)C)nc1C(C)(C)C. The summed E-state index contributed by atoms with van der Waals surface area (Å²) in [6.45, 7) is 49.1. The molecule has 0 unspecified atom stereocenters. The standard InChI is InChI=1S/C14H24S.C12H22N2.C12H21NS/c1-9-10(2)12(14(6,7)8)15-11(9)13(3,4)5;1-8-9(11(2,3)4)14-10(13-8)12(5,6)7;1-8-9(11(2,3)4)13-10(14-8)12(5,6)7/h1-8H3;1-7H3,(H,13,14);1-7H3. The Bertz CT molecular complexity index is 1230. The van der Waals surface area contributed by atoms with Gasteiger partial charge in [0.15, 0.2) is 0 Å². The maximum absolute atomic E-state index is 4.77. The van der Waals surface area contributed by atoms with Crippen LogP contribution in [-0.2, 0) is 32.5 Å². The summed E-state index contributed by atoms with van der Waals surface area (Å²) in [7, 11) is 0. The van der Waals surface area contributed by atoms with Gasteiger partial charge in [0.2, 0.25) is 0 Å². The Morgan fingerprint density at radius 2 is 0.837 bits per heavy atom. The smallest absolute Gasteiger partial charge is 0.111 e. The molecule has 5 heteroatoms. The van der Waals surface area contributed by atoms with Crippen molar-refractivity contribution in [2.24, 2.45) is 0 Å². The number of thiazole rings is 1. The third kappa shape index (κ3) is 10.8. The summed E-state index contributed by atoms with van der Waals surface area (Å²) in [6.07, 6.45) is 0. The van der Waals surface area contributed by atoms with Crippen LogP contribution >= 0.6 is 22.7 Å². The monoisotopic (exact) mass is 629 g/mol. The van der Waals surface area contributed by atoms with Crippen molar-refractivity contribution in [3.63, 3.8) is 0 Å². The highest BCUT2D eigenvalue weighted by molar-refractivity contribution is 7.12. The first kappa shape index (κ1) is 39.6. The number of aryl methyl sites for hydroxylation is 2. The lowest BCUT2D eigenvalue weighted by Crippen LogP contribution is -2.16. The molecule has 3 aromatic rings. The first-order valence-electron chi connectivity index (χ1n) is 16.0. The topological polar surface area (TPSA) is 41.6 Å². The molecule has 0 fully saturated rings. The Morgan fingerprint density at radius 3 is 1.02 bits per heavy atom. The van der Waals surface area contributed by atoms with Crippen molar-refractivity contribution in [3.8, 4) is 0 Å². The number of aromatic nitrogens is 3. The van der Waals surface area contributed by atoms with Gasteiger partial charge in [-0.2, -0.15) is 0 Å². The van der Waals surface area contributed by atoms with Crippen molar-refractivity contribution in [3.05, 3.63) is 53.7 Å². The number of hydrogen-bond donors (Lipinski definition) is 1. The molecular weight excluding hydrogens is 563 g/mol. The molecule has 43 heavy (non-hydrogen) atoms. The van der Waals surface area contributed by atoms with Gasteiger partial charge in [-0.15, -0.1) is 22.7 Å². The maximum atomic E-state index is 4.77. The number of imidazole rings is 1. The van der Waals surface area contributed by atoms with Gasteiger partial charge >= 0.3 is 0 Å². The molecule has 0 aliphatic heterocycles. The molecule has 0 saturated carbocycles. The molecule has 0 bridgehead atoms. The number of aromatic amines is 1. The van der Waals surface area contributed by atoms with Crippen molar-refractivity contribution in [2.75, 3.05) is 0 Å². The summed E-state index contributed by atoms with van der Waals surface area (Å²) >= 11 is 3.84. The molecule has 0 amide bonds. The fraction of sp³-hybridized carbons (Fsp3) is 0.737. The van der Waals surface area contributed by atoms with Gasteiger partial charge in [0.25, 0.3) is 0 Å². The van der Waals surface area contributed by atoms with Crippen LogP contribution in [0.15, 0.2) is 0 Å².